The fraction of sp³-hybridized carbons (Fsp3) is 0.364. The summed E-state index contributed by atoms with van der Waals surface area (Å²) < 4.78 is 13.8. The standard InChI is InChI=1S/C22H22ClFN2O3/c1-11-6-12(2)18(13(3)7-11)19-17(27)8-14(21(19)28)4-5-25-22(29)20-16(24)9-15(23)10-26-20/h6-7,9-10,14,19H,4-5,8H2,1-3H3,(H,25,29). The Hall–Kier alpha value is -2.60. The van der Waals surface area contributed by atoms with Gasteiger partial charge < -0.3 is 5.32 Å². The Balaban J connectivity index is 1.66. The summed E-state index contributed by atoms with van der Waals surface area (Å²) in [6.07, 6.45) is 1.65. The van der Waals surface area contributed by atoms with Crippen LogP contribution in [0.4, 0.5) is 4.39 Å². The molecule has 1 amide bonds. The first kappa shape index (κ1) is 21.1. The predicted molar refractivity (Wildman–Crippen MR) is 108 cm³/mol. The first-order valence-corrected chi connectivity index (χ1v) is 9.80. The van der Waals surface area contributed by atoms with Crippen LogP contribution in [-0.2, 0) is 9.59 Å². The number of nitrogens with zero attached hydrogens (tertiary/aromatic N) is 1. The molecule has 0 bridgehead atoms. The monoisotopic (exact) mass is 416 g/mol. The number of hydrogen-bond acceptors (Lipinski definition) is 4. The molecule has 29 heavy (non-hydrogen) atoms. The summed E-state index contributed by atoms with van der Waals surface area (Å²) >= 11 is 5.63. The van der Waals surface area contributed by atoms with Crippen LogP contribution in [0.15, 0.2) is 24.4 Å². The van der Waals surface area contributed by atoms with E-state index in [4.69, 9.17) is 11.6 Å². The Labute approximate surface area is 173 Å². The fourth-order valence-electron chi connectivity index (χ4n) is 4.08. The molecular formula is C22H22ClFN2O3. The second-order valence-corrected chi connectivity index (χ2v) is 7.98. The molecule has 0 spiro atoms. The molecule has 5 nitrogen and oxygen atoms in total. The first-order valence-electron chi connectivity index (χ1n) is 9.42. The van der Waals surface area contributed by atoms with Gasteiger partial charge in [0, 0.05) is 25.1 Å². The summed E-state index contributed by atoms with van der Waals surface area (Å²) in [5.41, 5.74) is 3.40. The molecule has 1 aliphatic rings. The summed E-state index contributed by atoms with van der Waals surface area (Å²) in [4.78, 5) is 41.3. The molecule has 1 saturated carbocycles. The third kappa shape index (κ3) is 4.37. The van der Waals surface area contributed by atoms with E-state index in [9.17, 15) is 18.8 Å². The van der Waals surface area contributed by atoms with Crippen molar-refractivity contribution in [2.24, 2.45) is 5.92 Å². The van der Waals surface area contributed by atoms with Crippen LogP contribution in [0.2, 0.25) is 5.02 Å². The van der Waals surface area contributed by atoms with Gasteiger partial charge in [0.1, 0.15) is 11.7 Å². The summed E-state index contributed by atoms with van der Waals surface area (Å²) in [5.74, 6) is -2.91. The lowest BCUT2D eigenvalue weighted by Gasteiger charge is -2.16. The van der Waals surface area contributed by atoms with Crippen LogP contribution >= 0.6 is 11.6 Å². The minimum Gasteiger partial charge on any atom is -0.351 e. The lowest BCUT2D eigenvalue weighted by Crippen LogP contribution is -2.28. The van der Waals surface area contributed by atoms with Gasteiger partial charge in [-0.15, -0.1) is 0 Å². The van der Waals surface area contributed by atoms with E-state index in [1.54, 1.807) is 0 Å². The van der Waals surface area contributed by atoms with Gasteiger partial charge in [0.15, 0.2) is 17.3 Å². The average Bonchev–Trinajstić information content (AvgIpc) is 2.89. The van der Waals surface area contributed by atoms with Crippen molar-refractivity contribution in [3.63, 3.8) is 0 Å². The van der Waals surface area contributed by atoms with Crippen LogP contribution in [0.3, 0.4) is 0 Å². The van der Waals surface area contributed by atoms with E-state index in [-0.39, 0.29) is 35.2 Å². The maximum atomic E-state index is 13.8. The number of hydrogen-bond donors (Lipinski definition) is 1. The lowest BCUT2D eigenvalue weighted by molar-refractivity contribution is -0.124. The molecule has 1 N–H and O–H groups in total. The molecule has 2 aromatic rings. The van der Waals surface area contributed by atoms with Gasteiger partial charge in [-0.1, -0.05) is 29.3 Å². The molecule has 7 heteroatoms. The summed E-state index contributed by atoms with van der Waals surface area (Å²) in [6.45, 7) is 5.95. The van der Waals surface area contributed by atoms with E-state index in [1.807, 2.05) is 32.9 Å². The van der Waals surface area contributed by atoms with Crippen LogP contribution in [0.5, 0.6) is 0 Å². The number of nitrogens with one attached hydrogen (secondary N) is 1. The van der Waals surface area contributed by atoms with E-state index < -0.39 is 23.6 Å². The topological polar surface area (TPSA) is 76.1 Å². The van der Waals surface area contributed by atoms with E-state index >= 15 is 0 Å². The smallest absolute Gasteiger partial charge is 0.272 e. The zero-order chi connectivity index (χ0) is 21.3. The maximum Gasteiger partial charge on any atom is 0.272 e. The summed E-state index contributed by atoms with van der Waals surface area (Å²) in [7, 11) is 0. The van der Waals surface area contributed by atoms with Gasteiger partial charge in [0.2, 0.25) is 0 Å². The van der Waals surface area contributed by atoms with Crippen molar-refractivity contribution >= 4 is 29.1 Å². The molecule has 1 heterocycles. The van der Waals surface area contributed by atoms with Gasteiger partial charge in [-0.05, 0) is 49.9 Å². The largest absolute Gasteiger partial charge is 0.351 e. The highest BCUT2D eigenvalue weighted by molar-refractivity contribution is 6.30. The number of ketones is 2. The van der Waals surface area contributed by atoms with Crippen LogP contribution in [0.25, 0.3) is 0 Å². The van der Waals surface area contributed by atoms with E-state index in [1.165, 1.54) is 6.20 Å². The molecule has 2 unspecified atom stereocenters. The Morgan fingerprint density at radius 1 is 1.21 bits per heavy atom. The van der Waals surface area contributed by atoms with E-state index in [0.717, 1.165) is 28.3 Å². The lowest BCUT2D eigenvalue weighted by atomic mass is 9.86. The number of amides is 1. The van der Waals surface area contributed by atoms with Crippen LogP contribution in [0.1, 0.15) is 51.5 Å². The van der Waals surface area contributed by atoms with Crippen LogP contribution < -0.4 is 5.32 Å². The quantitative estimate of drug-likeness (QED) is 0.751. The van der Waals surface area contributed by atoms with Crippen molar-refractivity contribution in [3.8, 4) is 0 Å². The van der Waals surface area contributed by atoms with Gasteiger partial charge >= 0.3 is 0 Å². The number of aryl methyl sites for hydroxylation is 3. The maximum absolute atomic E-state index is 13.8. The van der Waals surface area contributed by atoms with Gasteiger partial charge in [-0.25, -0.2) is 9.37 Å². The molecule has 1 aromatic heterocycles. The fourth-order valence-corrected chi connectivity index (χ4v) is 4.22. The van der Waals surface area contributed by atoms with Crippen molar-refractivity contribution < 1.29 is 18.8 Å². The Bertz CT molecular complexity index is 983. The minimum atomic E-state index is -0.812. The highest BCUT2D eigenvalue weighted by atomic mass is 35.5. The predicted octanol–water partition coefficient (Wildman–Crippen LogP) is 3.86. The van der Waals surface area contributed by atoms with Gasteiger partial charge in [0.05, 0.1) is 5.02 Å². The number of benzene rings is 1. The Morgan fingerprint density at radius 3 is 2.48 bits per heavy atom. The molecule has 1 aromatic carbocycles. The molecule has 1 fully saturated rings. The van der Waals surface area contributed by atoms with Crippen LogP contribution in [0, 0.1) is 32.5 Å². The number of carbonyl (C=O) groups is 3. The number of aromatic nitrogens is 1. The number of Topliss-reactive ketones (excluding diaryl/α,β-unsaturated/α-hetero) is 2. The van der Waals surface area contributed by atoms with Crippen molar-refractivity contribution in [2.75, 3.05) is 6.54 Å². The normalized spacial score (nSPS) is 18.9. The summed E-state index contributed by atoms with van der Waals surface area (Å²) in [6, 6.07) is 4.97. The van der Waals surface area contributed by atoms with Crippen molar-refractivity contribution in [1.82, 2.24) is 10.3 Å². The first-order chi connectivity index (χ1) is 13.7. The number of rotatable bonds is 5. The SMILES string of the molecule is Cc1cc(C)c(C2C(=O)CC(CCNC(=O)c3ncc(Cl)cc3F)C2=O)c(C)c1. The number of halogens is 2. The van der Waals surface area contributed by atoms with Crippen molar-refractivity contribution in [1.29, 1.82) is 0 Å². The molecular weight excluding hydrogens is 395 g/mol. The van der Waals surface area contributed by atoms with Gasteiger partial charge in [-0.2, -0.15) is 0 Å². The molecule has 3 rings (SSSR count). The second kappa shape index (κ2) is 8.41. The summed E-state index contributed by atoms with van der Waals surface area (Å²) in [5, 5.41) is 2.66. The third-order valence-electron chi connectivity index (χ3n) is 5.28. The molecule has 0 radical (unpaired) electrons. The minimum absolute atomic E-state index is 0.0909. The Kier molecular flexibility index (Phi) is 6.13. The zero-order valence-electron chi connectivity index (χ0n) is 16.5. The average molecular weight is 417 g/mol. The molecule has 152 valence electrons. The number of carbonyl (C=O) groups excluding carboxylic acids is 3. The highest BCUT2D eigenvalue weighted by Gasteiger charge is 2.42. The molecule has 0 saturated heterocycles. The highest BCUT2D eigenvalue weighted by Crippen LogP contribution is 2.37. The van der Waals surface area contributed by atoms with Gasteiger partial charge in [0.25, 0.3) is 5.91 Å². The van der Waals surface area contributed by atoms with Crippen molar-refractivity contribution in [2.45, 2.75) is 39.5 Å². The van der Waals surface area contributed by atoms with Crippen molar-refractivity contribution in [3.05, 3.63) is 63.2 Å². The van der Waals surface area contributed by atoms with Gasteiger partial charge in [-0.3, -0.25) is 14.4 Å². The zero-order valence-corrected chi connectivity index (χ0v) is 17.3. The molecule has 2 atom stereocenters. The number of pyridine rings is 1. The van der Waals surface area contributed by atoms with E-state index in [0.29, 0.717) is 6.42 Å². The Morgan fingerprint density at radius 2 is 1.86 bits per heavy atom. The molecule has 0 aliphatic heterocycles. The second-order valence-electron chi connectivity index (χ2n) is 7.54. The van der Waals surface area contributed by atoms with E-state index in [2.05, 4.69) is 10.3 Å². The third-order valence-corrected chi connectivity index (χ3v) is 5.49. The van der Waals surface area contributed by atoms with Crippen LogP contribution in [-0.4, -0.2) is 29.0 Å². The molecule has 1 aliphatic carbocycles.